The highest BCUT2D eigenvalue weighted by molar-refractivity contribution is 5.74. The van der Waals surface area contributed by atoms with E-state index >= 15 is 0 Å². The topological polar surface area (TPSA) is 26.3 Å². The normalized spacial score (nSPS) is 12.5. The number of esters is 1. The van der Waals surface area contributed by atoms with Crippen LogP contribution in [0.4, 0.5) is 4.39 Å². The van der Waals surface area contributed by atoms with Gasteiger partial charge in [-0.1, -0.05) is 46.0 Å². The first-order chi connectivity index (χ1) is 7.22. The summed E-state index contributed by atoms with van der Waals surface area (Å²) in [5.74, 6) is -0.703. The summed E-state index contributed by atoms with van der Waals surface area (Å²) < 4.78 is 17.5. The van der Waals surface area contributed by atoms with Gasteiger partial charge in [-0.3, -0.25) is 0 Å². The van der Waals surface area contributed by atoms with Crippen molar-refractivity contribution < 1.29 is 13.9 Å². The van der Waals surface area contributed by atoms with Gasteiger partial charge in [0.05, 0.1) is 6.61 Å². The Balaban J connectivity index is 3.20. The molecule has 15 heavy (non-hydrogen) atoms. The first-order valence-corrected chi connectivity index (χ1v) is 6.03. The van der Waals surface area contributed by atoms with Crippen molar-refractivity contribution in [2.45, 2.75) is 65.0 Å². The van der Waals surface area contributed by atoms with Crippen LogP contribution in [-0.2, 0) is 9.53 Å². The number of hydrogen-bond acceptors (Lipinski definition) is 2. The van der Waals surface area contributed by atoms with Gasteiger partial charge in [-0.25, -0.2) is 9.18 Å². The zero-order chi connectivity index (χ0) is 11.5. The molecule has 3 heteroatoms. The molecule has 0 aromatic heterocycles. The van der Waals surface area contributed by atoms with Crippen LogP contribution < -0.4 is 0 Å². The van der Waals surface area contributed by atoms with Gasteiger partial charge >= 0.3 is 5.97 Å². The van der Waals surface area contributed by atoms with Gasteiger partial charge in [-0.15, -0.1) is 0 Å². The van der Waals surface area contributed by atoms with E-state index in [0.717, 1.165) is 12.8 Å². The van der Waals surface area contributed by atoms with Gasteiger partial charge in [-0.05, 0) is 12.8 Å². The molecule has 2 nitrogen and oxygen atoms in total. The summed E-state index contributed by atoms with van der Waals surface area (Å²) in [5.41, 5.74) is 0. The second-order valence-electron chi connectivity index (χ2n) is 3.81. The lowest BCUT2D eigenvalue weighted by Gasteiger charge is -2.06. The van der Waals surface area contributed by atoms with Crippen LogP contribution in [0, 0.1) is 0 Å². The SMILES string of the molecule is CCCCCCCCOC(=O)C(F)CC. The molecule has 0 aliphatic carbocycles. The van der Waals surface area contributed by atoms with Crippen LogP contribution in [0.2, 0.25) is 0 Å². The van der Waals surface area contributed by atoms with Crippen LogP contribution in [-0.4, -0.2) is 18.7 Å². The van der Waals surface area contributed by atoms with E-state index in [4.69, 9.17) is 4.74 Å². The summed E-state index contributed by atoms with van der Waals surface area (Å²) in [5, 5.41) is 0. The number of carbonyl (C=O) groups is 1. The second kappa shape index (κ2) is 9.94. The molecule has 1 atom stereocenters. The number of hydrogen-bond donors (Lipinski definition) is 0. The fourth-order valence-electron chi connectivity index (χ4n) is 1.31. The number of carbonyl (C=O) groups excluding carboxylic acids is 1. The molecule has 1 unspecified atom stereocenters. The second-order valence-corrected chi connectivity index (χ2v) is 3.81. The summed E-state index contributed by atoms with van der Waals surface area (Å²) >= 11 is 0. The van der Waals surface area contributed by atoms with Crippen molar-refractivity contribution in [1.29, 1.82) is 0 Å². The van der Waals surface area contributed by atoms with Gasteiger partial charge in [0.15, 0.2) is 6.17 Å². The molecule has 0 saturated heterocycles. The predicted molar refractivity (Wildman–Crippen MR) is 59.5 cm³/mol. The molecule has 0 radical (unpaired) electrons. The van der Waals surface area contributed by atoms with Gasteiger partial charge in [0, 0.05) is 0 Å². The largest absolute Gasteiger partial charge is 0.464 e. The van der Waals surface area contributed by atoms with Crippen LogP contribution in [0.15, 0.2) is 0 Å². The number of ether oxygens (including phenoxy) is 1. The highest BCUT2D eigenvalue weighted by atomic mass is 19.1. The zero-order valence-corrected chi connectivity index (χ0v) is 9.93. The van der Waals surface area contributed by atoms with E-state index in [-0.39, 0.29) is 6.42 Å². The number of alkyl halides is 1. The van der Waals surface area contributed by atoms with Crippen LogP contribution in [0.1, 0.15) is 58.8 Å². The summed E-state index contributed by atoms with van der Waals surface area (Å²) in [7, 11) is 0. The van der Waals surface area contributed by atoms with Crippen molar-refractivity contribution in [2.75, 3.05) is 6.61 Å². The summed E-state index contributed by atoms with van der Waals surface area (Å²) in [6.45, 7) is 4.18. The van der Waals surface area contributed by atoms with Gasteiger partial charge < -0.3 is 4.74 Å². The Morgan fingerprint density at radius 2 is 1.73 bits per heavy atom. The minimum atomic E-state index is -1.44. The van der Waals surface area contributed by atoms with Crippen molar-refractivity contribution in [2.24, 2.45) is 0 Å². The van der Waals surface area contributed by atoms with E-state index < -0.39 is 12.1 Å². The van der Waals surface area contributed by atoms with Crippen molar-refractivity contribution >= 4 is 5.97 Å². The van der Waals surface area contributed by atoms with E-state index in [1.165, 1.54) is 25.7 Å². The van der Waals surface area contributed by atoms with Gasteiger partial charge in [0.25, 0.3) is 0 Å². The van der Waals surface area contributed by atoms with Gasteiger partial charge in [0.2, 0.25) is 0 Å². The molecule has 0 aliphatic heterocycles. The van der Waals surface area contributed by atoms with Crippen molar-refractivity contribution in [3.05, 3.63) is 0 Å². The molecule has 0 saturated carbocycles. The maximum absolute atomic E-state index is 12.7. The maximum atomic E-state index is 12.7. The summed E-state index contributed by atoms with van der Waals surface area (Å²) in [6, 6.07) is 0. The molecule has 0 N–H and O–H groups in total. The summed E-state index contributed by atoms with van der Waals surface area (Å²) in [4.78, 5) is 10.9. The quantitative estimate of drug-likeness (QED) is 0.436. The van der Waals surface area contributed by atoms with E-state index in [1.54, 1.807) is 6.92 Å². The Labute approximate surface area is 92.2 Å². The molecule has 0 spiro atoms. The van der Waals surface area contributed by atoms with Crippen LogP contribution in [0.25, 0.3) is 0 Å². The molecule has 0 aromatic rings. The van der Waals surface area contributed by atoms with E-state index in [0.29, 0.717) is 6.61 Å². The van der Waals surface area contributed by atoms with E-state index in [2.05, 4.69) is 6.92 Å². The standard InChI is InChI=1S/C12H23FO2/c1-3-5-6-7-8-9-10-15-12(14)11(13)4-2/h11H,3-10H2,1-2H3. The first kappa shape index (κ1) is 14.4. The molecule has 90 valence electrons. The lowest BCUT2D eigenvalue weighted by atomic mass is 10.1. The number of unbranched alkanes of at least 4 members (excludes halogenated alkanes) is 5. The fraction of sp³-hybridized carbons (Fsp3) is 0.917. The zero-order valence-electron chi connectivity index (χ0n) is 9.93. The Morgan fingerprint density at radius 3 is 2.33 bits per heavy atom. The lowest BCUT2D eigenvalue weighted by molar-refractivity contribution is -0.149. The van der Waals surface area contributed by atoms with Crippen LogP contribution >= 0.6 is 0 Å². The van der Waals surface area contributed by atoms with Crippen molar-refractivity contribution in [3.8, 4) is 0 Å². The van der Waals surface area contributed by atoms with Crippen molar-refractivity contribution in [3.63, 3.8) is 0 Å². The third kappa shape index (κ3) is 8.40. The molecular formula is C12H23FO2. The highest BCUT2D eigenvalue weighted by Crippen LogP contribution is 2.06. The summed E-state index contributed by atoms with van der Waals surface area (Å²) in [6.07, 6.45) is 5.60. The van der Waals surface area contributed by atoms with E-state index in [9.17, 15) is 9.18 Å². The average Bonchev–Trinajstić information content (AvgIpc) is 2.26. The Morgan fingerprint density at radius 1 is 1.13 bits per heavy atom. The smallest absolute Gasteiger partial charge is 0.340 e. The highest BCUT2D eigenvalue weighted by Gasteiger charge is 2.15. The van der Waals surface area contributed by atoms with E-state index in [1.807, 2.05) is 0 Å². The molecule has 0 aromatic carbocycles. The van der Waals surface area contributed by atoms with Crippen molar-refractivity contribution in [1.82, 2.24) is 0 Å². The van der Waals surface area contributed by atoms with Gasteiger partial charge in [-0.2, -0.15) is 0 Å². The third-order valence-electron chi connectivity index (χ3n) is 2.36. The first-order valence-electron chi connectivity index (χ1n) is 6.03. The number of rotatable bonds is 9. The monoisotopic (exact) mass is 218 g/mol. The minimum absolute atomic E-state index is 0.204. The van der Waals surface area contributed by atoms with Crippen LogP contribution in [0.3, 0.4) is 0 Å². The van der Waals surface area contributed by atoms with Crippen LogP contribution in [0.5, 0.6) is 0 Å². The number of halogens is 1. The third-order valence-corrected chi connectivity index (χ3v) is 2.36. The lowest BCUT2D eigenvalue weighted by Crippen LogP contribution is -2.18. The minimum Gasteiger partial charge on any atom is -0.464 e. The molecular weight excluding hydrogens is 195 g/mol. The average molecular weight is 218 g/mol. The predicted octanol–water partition coefficient (Wildman–Crippen LogP) is 3.64. The van der Waals surface area contributed by atoms with Gasteiger partial charge in [0.1, 0.15) is 0 Å². The molecule has 0 aliphatic rings. The molecule has 0 bridgehead atoms. The maximum Gasteiger partial charge on any atom is 0.340 e. The molecule has 0 heterocycles. The molecule has 0 fully saturated rings. The Kier molecular flexibility index (Phi) is 9.54. The Hall–Kier alpha value is -0.600. The molecule has 0 amide bonds. The Bertz CT molecular complexity index is 160. The molecule has 0 rings (SSSR count). The fourth-order valence-corrected chi connectivity index (χ4v) is 1.31.